The van der Waals surface area contributed by atoms with Crippen molar-refractivity contribution in [1.29, 1.82) is 0 Å². The Morgan fingerprint density at radius 3 is 2.93 bits per heavy atom. The molecule has 4 heteroatoms. The number of carbonyl (C=O) groups excluding carboxylic acids is 1. The van der Waals surface area contributed by atoms with Crippen molar-refractivity contribution < 1.29 is 4.79 Å². The van der Waals surface area contributed by atoms with Crippen molar-refractivity contribution in [1.82, 2.24) is 4.98 Å². The molecule has 0 aromatic carbocycles. The Bertz CT molecular complexity index is 320. The average Bonchev–Trinajstić information content (AvgIpc) is 2.58. The maximum atomic E-state index is 10.8. The Kier molecular flexibility index (Phi) is 2.82. The minimum absolute atomic E-state index is 0.347. The van der Waals surface area contributed by atoms with Crippen molar-refractivity contribution in [3.05, 3.63) is 10.4 Å². The number of thiazole rings is 1. The van der Waals surface area contributed by atoms with Gasteiger partial charge in [0, 0.05) is 11.4 Å². The molecule has 75 valence electrons. The second kappa shape index (κ2) is 4.09. The fraction of sp³-hybridized carbons (Fsp3) is 0.600. The molecule has 14 heavy (non-hydrogen) atoms. The van der Waals surface area contributed by atoms with Gasteiger partial charge in [-0.2, -0.15) is 0 Å². The number of hydrogen-bond donors (Lipinski definition) is 0. The first-order valence-corrected chi connectivity index (χ1v) is 5.84. The van der Waals surface area contributed by atoms with Gasteiger partial charge < -0.3 is 0 Å². The van der Waals surface area contributed by atoms with E-state index in [0.29, 0.717) is 6.04 Å². The molecule has 0 atom stereocenters. The molecule has 1 saturated carbocycles. The number of aryl methyl sites for hydroxylation is 1. The lowest BCUT2D eigenvalue weighted by Gasteiger charge is -2.32. The Balaban J connectivity index is 2.13. The van der Waals surface area contributed by atoms with Crippen LogP contribution in [0.4, 0.5) is 5.82 Å². The molecule has 1 radical (unpaired) electrons. The third-order valence-electron chi connectivity index (χ3n) is 2.63. The monoisotopic (exact) mass is 209 g/mol. The highest BCUT2D eigenvalue weighted by Crippen LogP contribution is 2.29. The zero-order chi connectivity index (χ0) is 9.97. The van der Waals surface area contributed by atoms with Crippen LogP contribution in [0.25, 0.3) is 0 Å². The van der Waals surface area contributed by atoms with Crippen molar-refractivity contribution in [3.8, 4) is 0 Å². The standard InChI is InChI=1S/C10H13N2OS/c1-2-10-11-9(6-14-10)12(7-13)8-4-3-5-8/h6,8H,2-5H2,1H3. The summed E-state index contributed by atoms with van der Waals surface area (Å²) in [6.45, 7) is 2.07. The Morgan fingerprint density at radius 2 is 2.50 bits per heavy atom. The van der Waals surface area contributed by atoms with Crippen LogP contribution >= 0.6 is 11.3 Å². The highest BCUT2D eigenvalue weighted by molar-refractivity contribution is 7.10. The lowest BCUT2D eigenvalue weighted by molar-refractivity contribution is 0.406. The van der Waals surface area contributed by atoms with Gasteiger partial charge in [0.15, 0.2) is 0 Å². The SMILES string of the molecule is CCc1nc(N([C]=O)C2CCC2)cs1. The van der Waals surface area contributed by atoms with E-state index in [2.05, 4.69) is 11.9 Å². The first kappa shape index (κ1) is 9.65. The maximum absolute atomic E-state index is 10.8. The molecule has 1 aromatic heterocycles. The molecule has 1 aromatic rings. The Labute approximate surface area is 87.8 Å². The van der Waals surface area contributed by atoms with Crippen LogP contribution in [-0.2, 0) is 11.2 Å². The van der Waals surface area contributed by atoms with Gasteiger partial charge in [-0.15, -0.1) is 11.3 Å². The molecule has 3 nitrogen and oxygen atoms in total. The van der Waals surface area contributed by atoms with E-state index in [1.54, 1.807) is 16.2 Å². The molecule has 1 heterocycles. The topological polar surface area (TPSA) is 33.2 Å². The Morgan fingerprint density at radius 1 is 1.71 bits per heavy atom. The molecule has 2 rings (SSSR count). The largest absolute Gasteiger partial charge is 0.318 e. The van der Waals surface area contributed by atoms with E-state index in [1.807, 2.05) is 11.8 Å². The molecule has 0 unspecified atom stereocenters. The van der Waals surface area contributed by atoms with E-state index in [-0.39, 0.29) is 0 Å². The summed E-state index contributed by atoms with van der Waals surface area (Å²) < 4.78 is 0. The number of anilines is 1. The van der Waals surface area contributed by atoms with Gasteiger partial charge in [-0.25, -0.2) is 4.98 Å². The van der Waals surface area contributed by atoms with Gasteiger partial charge in [-0.1, -0.05) is 6.92 Å². The highest BCUT2D eigenvalue weighted by atomic mass is 32.1. The lowest BCUT2D eigenvalue weighted by Crippen LogP contribution is -2.39. The van der Waals surface area contributed by atoms with Gasteiger partial charge >= 0.3 is 6.41 Å². The van der Waals surface area contributed by atoms with Crippen LogP contribution in [0, 0.1) is 0 Å². The summed E-state index contributed by atoms with van der Waals surface area (Å²) in [6, 6.07) is 0.347. The molecular formula is C10H13N2OS. The van der Waals surface area contributed by atoms with Gasteiger partial charge in [0.25, 0.3) is 0 Å². The van der Waals surface area contributed by atoms with Crippen LogP contribution in [0.1, 0.15) is 31.2 Å². The first-order chi connectivity index (χ1) is 6.85. The summed E-state index contributed by atoms with van der Waals surface area (Å²) in [5.41, 5.74) is 0. The first-order valence-electron chi connectivity index (χ1n) is 4.96. The maximum Gasteiger partial charge on any atom is 0.318 e. The number of hydrogen-bond acceptors (Lipinski definition) is 3. The average molecular weight is 209 g/mol. The minimum Gasteiger partial charge on any atom is -0.285 e. The van der Waals surface area contributed by atoms with Gasteiger partial charge in [0.1, 0.15) is 5.82 Å². The van der Waals surface area contributed by atoms with Crippen LogP contribution in [0.15, 0.2) is 5.38 Å². The van der Waals surface area contributed by atoms with Crippen molar-refractivity contribution >= 4 is 23.6 Å². The smallest absolute Gasteiger partial charge is 0.285 e. The van der Waals surface area contributed by atoms with Crippen molar-refractivity contribution in [2.24, 2.45) is 0 Å². The van der Waals surface area contributed by atoms with E-state index in [0.717, 1.165) is 30.1 Å². The van der Waals surface area contributed by atoms with Gasteiger partial charge in [-0.05, 0) is 25.7 Å². The number of amides is 1. The molecule has 0 saturated heterocycles. The second-order valence-corrected chi connectivity index (χ2v) is 4.44. The summed E-state index contributed by atoms with van der Waals surface area (Å²) in [5, 5.41) is 3.03. The van der Waals surface area contributed by atoms with Crippen molar-refractivity contribution in [3.63, 3.8) is 0 Å². The third kappa shape index (κ3) is 1.66. The van der Waals surface area contributed by atoms with Crippen LogP contribution in [0.3, 0.4) is 0 Å². The molecule has 0 aliphatic heterocycles. The van der Waals surface area contributed by atoms with E-state index in [9.17, 15) is 4.79 Å². The van der Waals surface area contributed by atoms with Crippen molar-refractivity contribution in [2.75, 3.05) is 4.90 Å². The zero-order valence-electron chi connectivity index (χ0n) is 8.19. The zero-order valence-corrected chi connectivity index (χ0v) is 9.01. The summed E-state index contributed by atoms with van der Waals surface area (Å²) in [6.07, 6.45) is 6.32. The van der Waals surface area contributed by atoms with Crippen molar-refractivity contribution in [2.45, 2.75) is 38.6 Å². The predicted molar refractivity (Wildman–Crippen MR) is 57.3 cm³/mol. The molecule has 1 amide bonds. The fourth-order valence-corrected chi connectivity index (χ4v) is 2.25. The molecule has 1 fully saturated rings. The minimum atomic E-state index is 0.347. The predicted octanol–water partition coefficient (Wildman–Crippen LogP) is 2.13. The molecular weight excluding hydrogens is 196 g/mol. The number of rotatable bonds is 4. The fourth-order valence-electron chi connectivity index (χ4n) is 1.53. The summed E-state index contributed by atoms with van der Waals surface area (Å²) in [4.78, 5) is 16.8. The van der Waals surface area contributed by atoms with Gasteiger partial charge in [0.05, 0.1) is 5.01 Å². The van der Waals surface area contributed by atoms with E-state index in [1.165, 1.54) is 6.42 Å². The number of nitrogens with zero attached hydrogens (tertiary/aromatic N) is 2. The van der Waals surface area contributed by atoms with E-state index >= 15 is 0 Å². The van der Waals surface area contributed by atoms with E-state index < -0.39 is 0 Å². The van der Waals surface area contributed by atoms with Crippen LogP contribution in [0.2, 0.25) is 0 Å². The molecule has 1 aliphatic rings. The van der Waals surface area contributed by atoms with Crippen LogP contribution < -0.4 is 4.90 Å². The van der Waals surface area contributed by atoms with Crippen LogP contribution in [-0.4, -0.2) is 17.4 Å². The highest BCUT2D eigenvalue weighted by Gasteiger charge is 2.26. The van der Waals surface area contributed by atoms with Gasteiger partial charge in [0.2, 0.25) is 0 Å². The number of aromatic nitrogens is 1. The molecule has 0 N–H and O–H groups in total. The summed E-state index contributed by atoms with van der Waals surface area (Å²) in [7, 11) is 0. The summed E-state index contributed by atoms with van der Waals surface area (Å²) >= 11 is 1.61. The van der Waals surface area contributed by atoms with Crippen LogP contribution in [0.5, 0.6) is 0 Å². The quantitative estimate of drug-likeness (QED) is 0.712. The third-order valence-corrected chi connectivity index (χ3v) is 3.61. The molecule has 0 bridgehead atoms. The van der Waals surface area contributed by atoms with E-state index in [4.69, 9.17) is 0 Å². The Hall–Kier alpha value is -0.900. The lowest BCUT2D eigenvalue weighted by atomic mass is 9.92. The molecule has 1 aliphatic carbocycles. The van der Waals surface area contributed by atoms with Gasteiger partial charge in [-0.3, -0.25) is 9.69 Å². The molecule has 0 spiro atoms. The summed E-state index contributed by atoms with van der Waals surface area (Å²) in [5.74, 6) is 0.784. The normalized spacial score (nSPS) is 16.4. The second-order valence-electron chi connectivity index (χ2n) is 3.50.